The fourth-order valence-corrected chi connectivity index (χ4v) is 3.55. The minimum atomic E-state index is 0.250. The molecule has 1 N–H and O–H groups in total. The van der Waals surface area contributed by atoms with Gasteiger partial charge in [0.1, 0.15) is 0 Å². The van der Waals surface area contributed by atoms with Gasteiger partial charge in [-0.25, -0.2) is 0 Å². The number of aryl methyl sites for hydroxylation is 1. The van der Waals surface area contributed by atoms with Gasteiger partial charge in [-0.1, -0.05) is 56.8 Å². The molecule has 0 aliphatic carbocycles. The number of amidine groups is 1. The minimum Gasteiger partial charge on any atom is -0.358 e. The van der Waals surface area contributed by atoms with Crippen LogP contribution in [-0.4, -0.2) is 17.0 Å². The van der Waals surface area contributed by atoms with Gasteiger partial charge in [-0.2, -0.15) is 0 Å². The Hall–Kier alpha value is -0.960. The number of thioether (sulfide) groups is 1. The van der Waals surface area contributed by atoms with E-state index in [-0.39, 0.29) is 5.41 Å². The van der Waals surface area contributed by atoms with Crippen LogP contribution in [-0.2, 0) is 0 Å². The fraction of sp³-hybridized carbons (Fsp3) is 0.588. The van der Waals surface area contributed by atoms with Crippen molar-refractivity contribution in [2.75, 3.05) is 5.75 Å². The molecular formula is C17H26N2S. The second kappa shape index (κ2) is 6.21. The van der Waals surface area contributed by atoms with Crippen LogP contribution in [0.3, 0.4) is 0 Å². The first-order valence-electron chi connectivity index (χ1n) is 7.40. The van der Waals surface area contributed by atoms with E-state index < -0.39 is 0 Å². The second-order valence-electron chi connectivity index (χ2n) is 6.68. The highest BCUT2D eigenvalue weighted by atomic mass is 32.2. The van der Waals surface area contributed by atoms with Gasteiger partial charge in [0, 0.05) is 5.75 Å². The molecule has 0 fully saturated rings. The third-order valence-corrected chi connectivity index (χ3v) is 4.83. The normalized spacial score (nSPS) is 21.2. The van der Waals surface area contributed by atoms with Gasteiger partial charge in [0.15, 0.2) is 5.17 Å². The molecule has 0 spiro atoms. The average Bonchev–Trinajstić information content (AvgIpc) is 2.38. The molecule has 1 aromatic carbocycles. The molecule has 0 saturated heterocycles. The molecule has 0 amide bonds. The van der Waals surface area contributed by atoms with E-state index in [4.69, 9.17) is 4.99 Å². The Morgan fingerprint density at radius 2 is 2.00 bits per heavy atom. The van der Waals surface area contributed by atoms with Crippen molar-refractivity contribution in [3.05, 3.63) is 35.4 Å². The van der Waals surface area contributed by atoms with E-state index in [1.807, 2.05) is 11.8 Å². The lowest BCUT2D eigenvalue weighted by Crippen LogP contribution is -2.34. The quantitative estimate of drug-likeness (QED) is 0.864. The van der Waals surface area contributed by atoms with E-state index in [2.05, 4.69) is 64.2 Å². The molecule has 0 bridgehead atoms. The lowest BCUT2D eigenvalue weighted by molar-refractivity contribution is 0.315. The lowest BCUT2D eigenvalue weighted by atomic mass is 9.85. The van der Waals surface area contributed by atoms with E-state index in [1.165, 1.54) is 17.5 Å². The van der Waals surface area contributed by atoms with Gasteiger partial charge in [0.05, 0.1) is 12.1 Å². The Labute approximate surface area is 127 Å². The molecule has 2 atom stereocenters. The standard InChI is InChI=1S/C17H26N2S/c1-12-8-6-7-9-14(12)13(2)18-16-19-15(10-11-20-16)17(3,4)5/h6-9,13,15H,10-11H2,1-5H3,(H,18,19). The summed E-state index contributed by atoms with van der Waals surface area (Å²) in [4.78, 5) is 4.92. The predicted octanol–water partition coefficient (Wildman–Crippen LogP) is 4.55. The monoisotopic (exact) mass is 290 g/mol. The van der Waals surface area contributed by atoms with Gasteiger partial charge in [0.2, 0.25) is 0 Å². The molecule has 1 aliphatic heterocycles. The van der Waals surface area contributed by atoms with Gasteiger partial charge >= 0.3 is 0 Å². The van der Waals surface area contributed by atoms with E-state index in [1.54, 1.807) is 0 Å². The summed E-state index contributed by atoms with van der Waals surface area (Å²) >= 11 is 1.85. The van der Waals surface area contributed by atoms with Crippen molar-refractivity contribution < 1.29 is 0 Å². The van der Waals surface area contributed by atoms with Gasteiger partial charge in [-0.15, -0.1) is 0 Å². The van der Waals surface area contributed by atoms with E-state index in [0.717, 1.165) is 10.9 Å². The van der Waals surface area contributed by atoms with Gasteiger partial charge in [0.25, 0.3) is 0 Å². The van der Waals surface area contributed by atoms with Crippen LogP contribution >= 0.6 is 11.8 Å². The third kappa shape index (κ3) is 3.78. The van der Waals surface area contributed by atoms with Gasteiger partial charge in [-0.3, -0.25) is 4.99 Å². The highest BCUT2D eigenvalue weighted by Crippen LogP contribution is 2.31. The summed E-state index contributed by atoms with van der Waals surface area (Å²) in [5.74, 6) is 1.16. The Kier molecular flexibility index (Phi) is 4.79. The molecule has 1 aliphatic rings. The van der Waals surface area contributed by atoms with Crippen LogP contribution in [0, 0.1) is 12.3 Å². The summed E-state index contributed by atoms with van der Waals surface area (Å²) in [5.41, 5.74) is 2.94. The Bertz CT molecular complexity index is 488. The maximum Gasteiger partial charge on any atom is 0.157 e. The molecule has 1 aromatic rings. The summed E-state index contributed by atoms with van der Waals surface area (Å²) in [6.07, 6.45) is 1.18. The third-order valence-electron chi connectivity index (χ3n) is 3.90. The average molecular weight is 290 g/mol. The maximum absolute atomic E-state index is 4.92. The second-order valence-corrected chi connectivity index (χ2v) is 7.76. The maximum atomic E-state index is 4.92. The van der Waals surface area contributed by atoms with Crippen LogP contribution in [0.15, 0.2) is 29.3 Å². The zero-order chi connectivity index (χ0) is 14.8. The number of benzene rings is 1. The smallest absolute Gasteiger partial charge is 0.157 e. The van der Waals surface area contributed by atoms with E-state index >= 15 is 0 Å². The van der Waals surface area contributed by atoms with Gasteiger partial charge in [-0.05, 0) is 36.8 Å². The highest BCUT2D eigenvalue weighted by molar-refractivity contribution is 8.13. The zero-order valence-corrected chi connectivity index (χ0v) is 14.1. The first-order valence-corrected chi connectivity index (χ1v) is 8.39. The number of nitrogens with zero attached hydrogens (tertiary/aromatic N) is 1. The summed E-state index contributed by atoms with van der Waals surface area (Å²) in [6.45, 7) is 11.2. The topological polar surface area (TPSA) is 24.4 Å². The lowest BCUT2D eigenvalue weighted by Gasteiger charge is -2.32. The van der Waals surface area contributed by atoms with Crippen LogP contribution in [0.25, 0.3) is 0 Å². The highest BCUT2D eigenvalue weighted by Gasteiger charge is 2.27. The SMILES string of the molecule is Cc1ccccc1C(C)NC1=NC(C(C)(C)C)CCS1. The summed E-state index contributed by atoms with van der Waals surface area (Å²) in [7, 11) is 0. The van der Waals surface area contributed by atoms with Crippen LogP contribution in [0.2, 0.25) is 0 Å². The molecule has 2 nitrogen and oxygen atoms in total. The van der Waals surface area contributed by atoms with Crippen molar-refractivity contribution in [2.45, 2.75) is 53.1 Å². The summed E-state index contributed by atoms with van der Waals surface area (Å²) in [5, 5.41) is 4.69. The van der Waals surface area contributed by atoms with Crippen molar-refractivity contribution in [2.24, 2.45) is 10.4 Å². The first kappa shape index (κ1) is 15.4. The zero-order valence-electron chi connectivity index (χ0n) is 13.2. The fourth-order valence-electron chi connectivity index (χ4n) is 2.55. The molecule has 20 heavy (non-hydrogen) atoms. The van der Waals surface area contributed by atoms with Crippen molar-refractivity contribution in [1.29, 1.82) is 0 Å². The van der Waals surface area contributed by atoms with Crippen molar-refractivity contribution in [3.8, 4) is 0 Å². The first-order chi connectivity index (χ1) is 9.38. The van der Waals surface area contributed by atoms with Crippen LogP contribution in [0.5, 0.6) is 0 Å². The molecule has 3 heteroatoms. The van der Waals surface area contributed by atoms with E-state index in [9.17, 15) is 0 Å². The number of hydrogen-bond acceptors (Lipinski definition) is 3. The number of aliphatic imine (C=N–C) groups is 1. The molecule has 0 saturated carbocycles. The van der Waals surface area contributed by atoms with Crippen molar-refractivity contribution in [1.82, 2.24) is 5.32 Å². The molecule has 0 radical (unpaired) electrons. The summed E-state index contributed by atoms with van der Waals surface area (Å²) in [6, 6.07) is 9.29. The van der Waals surface area contributed by atoms with Crippen LogP contribution in [0.4, 0.5) is 0 Å². The molecule has 2 rings (SSSR count). The van der Waals surface area contributed by atoms with Crippen LogP contribution in [0.1, 0.15) is 51.3 Å². The molecular weight excluding hydrogens is 264 g/mol. The van der Waals surface area contributed by atoms with Crippen molar-refractivity contribution in [3.63, 3.8) is 0 Å². The predicted molar refractivity (Wildman–Crippen MR) is 90.5 cm³/mol. The van der Waals surface area contributed by atoms with Crippen molar-refractivity contribution >= 4 is 16.9 Å². The molecule has 2 unspecified atom stereocenters. The van der Waals surface area contributed by atoms with Crippen LogP contribution < -0.4 is 5.32 Å². The minimum absolute atomic E-state index is 0.250. The largest absolute Gasteiger partial charge is 0.358 e. The Morgan fingerprint density at radius 1 is 1.30 bits per heavy atom. The number of hydrogen-bond donors (Lipinski definition) is 1. The molecule has 110 valence electrons. The Morgan fingerprint density at radius 3 is 2.65 bits per heavy atom. The molecule has 1 heterocycles. The Balaban J connectivity index is 2.10. The number of rotatable bonds is 2. The number of nitrogens with one attached hydrogen (secondary N) is 1. The molecule has 0 aromatic heterocycles. The summed E-state index contributed by atoms with van der Waals surface area (Å²) < 4.78 is 0. The van der Waals surface area contributed by atoms with E-state index in [0.29, 0.717) is 12.1 Å². The van der Waals surface area contributed by atoms with Gasteiger partial charge < -0.3 is 5.32 Å².